The third kappa shape index (κ3) is 4.00. The lowest BCUT2D eigenvalue weighted by Crippen LogP contribution is -2.48. The van der Waals surface area contributed by atoms with Crippen molar-refractivity contribution >= 4 is 23.5 Å². The smallest absolute Gasteiger partial charge is 0.324 e. The van der Waals surface area contributed by atoms with Gasteiger partial charge in [0.05, 0.1) is 5.56 Å². The number of urea groups is 1. The molecule has 3 aromatic rings. The predicted octanol–water partition coefficient (Wildman–Crippen LogP) is 4.53. The van der Waals surface area contributed by atoms with Crippen molar-refractivity contribution in [2.45, 2.75) is 24.7 Å². The normalized spacial score (nSPS) is 16.2. The van der Waals surface area contributed by atoms with Gasteiger partial charge in [0.2, 0.25) is 5.91 Å². The summed E-state index contributed by atoms with van der Waals surface area (Å²) in [5, 5.41) is 5.10. The van der Waals surface area contributed by atoms with Gasteiger partial charge in [-0.1, -0.05) is 66.7 Å². The molecule has 4 rings (SSSR count). The third-order valence-electron chi connectivity index (χ3n) is 5.69. The molecule has 1 atom stereocenters. The molecule has 1 saturated heterocycles. The van der Waals surface area contributed by atoms with Gasteiger partial charge in [0.15, 0.2) is 5.54 Å². The zero-order valence-corrected chi connectivity index (χ0v) is 18.0. The molecule has 0 aliphatic carbocycles. The minimum atomic E-state index is -4.58. The number of benzene rings is 3. The van der Waals surface area contributed by atoms with Crippen LogP contribution in [-0.4, -0.2) is 28.8 Å². The van der Waals surface area contributed by atoms with Gasteiger partial charge in [-0.05, 0) is 36.2 Å². The quantitative estimate of drug-likeness (QED) is 0.542. The molecular weight excluding hydrogens is 447 g/mol. The van der Waals surface area contributed by atoms with E-state index in [2.05, 4.69) is 10.6 Å². The van der Waals surface area contributed by atoms with Crippen molar-refractivity contribution in [2.24, 2.45) is 0 Å². The monoisotopic (exact) mass is 467 g/mol. The van der Waals surface area contributed by atoms with Gasteiger partial charge in [-0.2, -0.15) is 13.2 Å². The fourth-order valence-electron chi connectivity index (χ4n) is 3.97. The number of nitrogens with zero attached hydrogens (tertiary/aromatic N) is 1. The molecule has 1 heterocycles. The maximum Gasteiger partial charge on any atom is 0.416 e. The van der Waals surface area contributed by atoms with Crippen LogP contribution in [0.25, 0.3) is 0 Å². The number of imide groups is 1. The van der Waals surface area contributed by atoms with E-state index >= 15 is 0 Å². The first-order valence-corrected chi connectivity index (χ1v) is 10.4. The summed E-state index contributed by atoms with van der Waals surface area (Å²) in [6.45, 7) is 1.34. The van der Waals surface area contributed by atoms with E-state index in [0.29, 0.717) is 11.1 Å². The fourth-order valence-corrected chi connectivity index (χ4v) is 3.97. The Balaban J connectivity index is 1.66. The number of hydrogen-bond acceptors (Lipinski definition) is 3. The van der Waals surface area contributed by atoms with E-state index in [1.54, 1.807) is 60.7 Å². The molecule has 0 saturated carbocycles. The number of amides is 4. The molecule has 9 heteroatoms. The molecule has 3 aromatic carbocycles. The fraction of sp³-hybridized carbons (Fsp3) is 0.160. The summed E-state index contributed by atoms with van der Waals surface area (Å²) < 4.78 is 39.0. The summed E-state index contributed by atoms with van der Waals surface area (Å²) >= 11 is 0. The summed E-state index contributed by atoms with van der Waals surface area (Å²) in [4.78, 5) is 40.4. The molecule has 1 aliphatic heterocycles. The second-order valence-corrected chi connectivity index (χ2v) is 7.83. The van der Waals surface area contributed by atoms with E-state index in [9.17, 15) is 27.6 Å². The Hall–Kier alpha value is -4.14. The molecule has 174 valence electrons. The van der Waals surface area contributed by atoms with Gasteiger partial charge in [-0.25, -0.2) is 9.69 Å². The number of carbonyl (C=O) groups excluding carboxylic acids is 3. The minimum absolute atomic E-state index is 0.101. The van der Waals surface area contributed by atoms with E-state index in [0.717, 1.165) is 23.1 Å². The number of anilines is 1. The SMILES string of the molecule is CC(C(=O)Nc1cccc(C(F)(F)F)c1)N1C(=O)NC(c2ccccc2)(c2ccccc2)C1=O. The molecule has 0 bridgehead atoms. The van der Waals surface area contributed by atoms with Gasteiger partial charge in [0.1, 0.15) is 6.04 Å². The molecular formula is C25H20F3N3O3. The zero-order valence-electron chi connectivity index (χ0n) is 18.0. The Morgan fingerprint density at radius 1 is 0.912 bits per heavy atom. The summed E-state index contributed by atoms with van der Waals surface area (Å²) in [6, 6.07) is 19.3. The molecule has 4 amide bonds. The Morgan fingerprint density at radius 3 is 2.00 bits per heavy atom. The number of nitrogens with one attached hydrogen (secondary N) is 2. The van der Waals surface area contributed by atoms with Crippen molar-refractivity contribution in [3.63, 3.8) is 0 Å². The van der Waals surface area contributed by atoms with Crippen molar-refractivity contribution in [3.8, 4) is 0 Å². The zero-order chi connectivity index (χ0) is 24.5. The number of hydrogen-bond donors (Lipinski definition) is 2. The van der Waals surface area contributed by atoms with Crippen molar-refractivity contribution in [3.05, 3.63) is 102 Å². The standard InChI is InChI=1S/C25H20F3N3O3/c1-16(21(32)29-20-14-8-13-19(15-20)25(26,27)28)31-22(33)24(30-23(31)34,17-9-4-2-5-10-17)18-11-6-3-7-12-18/h2-16H,1H3,(H,29,32)(H,30,34). The summed E-state index contributed by atoms with van der Waals surface area (Å²) in [7, 11) is 0. The first-order chi connectivity index (χ1) is 16.1. The highest BCUT2D eigenvalue weighted by atomic mass is 19.4. The topological polar surface area (TPSA) is 78.5 Å². The van der Waals surface area contributed by atoms with Crippen molar-refractivity contribution in [2.75, 3.05) is 5.32 Å². The maximum atomic E-state index is 13.7. The van der Waals surface area contributed by atoms with Crippen molar-refractivity contribution in [1.29, 1.82) is 0 Å². The Morgan fingerprint density at radius 2 is 1.47 bits per heavy atom. The van der Waals surface area contributed by atoms with E-state index in [1.165, 1.54) is 13.0 Å². The summed E-state index contributed by atoms with van der Waals surface area (Å²) in [5.41, 5.74) is -1.57. The molecule has 0 aromatic heterocycles. The van der Waals surface area contributed by atoms with Gasteiger partial charge in [0.25, 0.3) is 5.91 Å². The average Bonchev–Trinajstić information content (AvgIpc) is 3.10. The molecule has 1 fully saturated rings. The van der Waals surface area contributed by atoms with E-state index in [1.807, 2.05) is 0 Å². The third-order valence-corrected chi connectivity index (χ3v) is 5.69. The van der Waals surface area contributed by atoms with Gasteiger partial charge < -0.3 is 10.6 Å². The number of halogens is 3. The Bertz CT molecular complexity index is 1190. The highest BCUT2D eigenvalue weighted by Crippen LogP contribution is 2.37. The van der Waals surface area contributed by atoms with Gasteiger partial charge in [-0.3, -0.25) is 9.59 Å². The van der Waals surface area contributed by atoms with Crippen molar-refractivity contribution < 1.29 is 27.6 Å². The van der Waals surface area contributed by atoms with E-state index in [4.69, 9.17) is 0 Å². The van der Waals surface area contributed by atoms with E-state index < -0.39 is 41.2 Å². The van der Waals surface area contributed by atoms with Gasteiger partial charge in [-0.15, -0.1) is 0 Å². The predicted molar refractivity (Wildman–Crippen MR) is 119 cm³/mol. The molecule has 0 spiro atoms. The molecule has 0 radical (unpaired) electrons. The maximum absolute atomic E-state index is 13.7. The highest BCUT2D eigenvalue weighted by molar-refractivity contribution is 6.13. The largest absolute Gasteiger partial charge is 0.416 e. The van der Waals surface area contributed by atoms with Crippen LogP contribution in [0.5, 0.6) is 0 Å². The highest BCUT2D eigenvalue weighted by Gasteiger charge is 2.55. The summed E-state index contributed by atoms with van der Waals surface area (Å²) in [6.07, 6.45) is -4.58. The van der Waals surface area contributed by atoms with Crippen LogP contribution in [0.1, 0.15) is 23.6 Å². The molecule has 2 N–H and O–H groups in total. The van der Waals surface area contributed by atoms with Gasteiger partial charge in [0, 0.05) is 5.69 Å². The lowest BCUT2D eigenvalue weighted by Gasteiger charge is -2.29. The van der Waals surface area contributed by atoms with E-state index in [-0.39, 0.29) is 5.69 Å². The van der Waals surface area contributed by atoms with Crippen LogP contribution in [0.3, 0.4) is 0 Å². The van der Waals surface area contributed by atoms with Crippen molar-refractivity contribution in [1.82, 2.24) is 10.2 Å². The Kier molecular flexibility index (Phi) is 5.87. The Labute approximate surface area is 193 Å². The number of carbonyl (C=O) groups is 3. The van der Waals surface area contributed by atoms with Crippen LogP contribution in [0.4, 0.5) is 23.7 Å². The minimum Gasteiger partial charge on any atom is -0.324 e. The average molecular weight is 467 g/mol. The molecule has 1 unspecified atom stereocenters. The number of alkyl halides is 3. The summed E-state index contributed by atoms with van der Waals surface area (Å²) in [5.74, 6) is -1.47. The van der Waals surface area contributed by atoms with Crippen LogP contribution < -0.4 is 10.6 Å². The lowest BCUT2D eigenvalue weighted by atomic mass is 9.82. The first-order valence-electron chi connectivity index (χ1n) is 10.4. The number of rotatable bonds is 5. The van der Waals surface area contributed by atoms with Crippen LogP contribution >= 0.6 is 0 Å². The molecule has 34 heavy (non-hydrogen) atoms. The van der Waals surface area contributed by atoms with Crippen LogP contribution in [0.15, 0.2) is 84.9 Å². The molecule has 6 nitrogen and oxygen atoms in total. The second kappa shape index (κ2) is 8.66. The lowest BCUT2D eigenvalue weighted by molar-refractivity contribution is -0.137. The second-order valence-electron chi connectivity index (χ2n) is 7.83. The van der Waals surface area contributed by atoms with Gasteiger partial charge >= 0.3 is 12.2 Å². The van der Waals surface area contributed by atoms with Crippen LogP contribution in [0, 0.1) is 0 Å². The molecule has 1 aliphatic rings. The van der Waals surface area contributed by atoms with Crippen LogP contribution in [-0.2, 0) is 21.3 Å². The first kappa shape index (κ1) is 23.0. The van der Waals surface area contributed by atoms with Crippen LogP contribution in [0.2, 0.25) is 0 Å².